The molecule has 0 unspecified atom stereocenters. The summed E-state index contributed by atoms with van der Waals surface area (Å²) in [6.07, 6.45) is 7.80. The van der Waals surface area contributed by atoms with E-state index in [2.05, 4.69) is 35.1 Å². The Hall–Kier alpha value is -2.18. The highest BCUT2D eigenvalue weighted by atomic mass is 14.1. The van der Waals surface area contributed by atoms with Gasteiger partial charge in [0.05, 0.1) is 0 Å². The Morgan fingerprint density at radius 1 is 0.500 bits per heavy atom. The van der Waals surface area contributed by atoms with Gasteiger partial charge in [-0.15, -0.1) is 0 Å². The van der Waals surface area contributed by atoms with Crippen LogP contribution in [0.4, 0.5) is 0 Å². The lowest BCUT2D eigenvalue weighted by molar-refractivity contribution is 1.54. The van der Waals surface area contributed by atoms with Crippen LogP contribution >= 0.6 is 0 Å². The molecule has 0 heterocycles. The van der Waals surface area contributed by atoms with Crippen molar-refractivity contribution in [2.24, 2.45) is 0 Å². The molecule has 0 atom stereocenters. The lowest BCUT2D eigenvalue weighted by Gasteiger charge is -2.07. The van der Waals surface area contributed by atoms with Gasteiger partial charge in [-0.1, -0.05) is 22.9 Å². The van der Waals surface area contributed by atoms with Crippen molar-refractivity contribution in [3.8, 4) is 0 Å². The highest BCUT2D eigenvalue weighted by Gasteiger charge is 2.05. The van der Waals surface area contributed by atoms with Gasteiger partial charge in [-0.25, -0.2) is 0 Å². The summed E-state index contributed by atoms with van der Waals surface area (Å²) in [6, 6.07) is 4.28. The first kappa shape index (κ1) is 7.25. The summed E-state index contributed by atoms with van der Waals surface area (Å²) in [5.74, 6) is 0. The molecule has 0 N–H and O–H groups in total. The normalized spacial score (nSPS) is 13.1. The largest absolute Gasteiger partial charge is 0.0696 e. The van der Waals surface area contributed by atoms with Crippen molar-refractivity contribution in [3.63, 3.8) is 0 Å². The molecule has 3 rings (SSSR count). The molecule has 0 radical (unpaired) electrons. The van der Waals surface area contributed by atoms with Gasteiger partial charge in [-0.05, 0) is 58.7 Å². The number of rotatable bonds is 0. The highest BCUT2D eigenvalue weighted by molar-refractivity contribution is 5.77. The van der Waals surface area contributed by atoms with Crippen molar-refractivity contribution in [1.82, 2.24) is 0 Å². The van der Waals surface area contributed by atoms with Crippen LogP contribution in [0.25, 0.3) is 24.3 Å². The molecule has 0 amide bonds. The van der Waals surface area contributed by atoms with E-state index in [-0.39, 0.29) is 0 Å². The Bertz CT molecular complexity index is 508. The van der Waals surface area contributed by atoms with E-state index in [4.69, 9.17) is 0 Å². The van der Waals surface area contributed by atoms with E-state index < -0.39 is 0 Å². The molecule has 1 aromatic carbocycles. The molecule has 0 aromatic heterocycles. The zero-order valence-corrected chi connectivity index (χ0v) is 7.46. The first-order valence-corrected chi connectivity index (χ1v) is 4.46. The second-order valence-corrected chi connectivity index (χ2v) is 3.26. The lowest BCUT2D eigenvalue weighted by atomic mass is 9.96. The Morgan fingerprint density at radius 2 is 0.786 bits per heavy atom. The molecule has 0 saturated carbocycles. The monoisotopic (exact) mass is 174 g/mol. The summed E-state index contributed by atoms with van der Waals surface area (Å²) in [7, 11) is 0. The van der Waals surface area contributed by atoms with Crippen molar-refractivity contribution in [1.29, 1.82) is 0 Å². The predicted octanol–water partition coefficient (Wildman–Crippen LogP) is 3.27. The molecule has 0 saturated heterocycles. The molecule has 0 heteroatoms. The molecule has 0 spiro atoms. The van der Waals surface area contributed by atoms with Crippen LogP contribution in [-0.4, -0.2) is 0 Å². The predicted molar refractivity (Wildman–Crippen MR) is 58.4 cm³/mol. The van der Waals surface area contributed by atoms with Gasteiger partial charge in [-0.3, -0.25) is 0 Å². The molecule has 0 aliphatic heterocycles. The van der Waals surface area contributed by atoms with Crippen molar-refractivity contribution in [3.05, 3.63) is 57.3 Å². The average molecular weight is 174 g/mol. The number of hydrogen-bond donors (Lipinski definition) is 0. The maximum atomic E-state index is 2.96. The van der Waals surface area contributed by atoms with Gasteiger partial charge < -0.3 is 0 Å². The summed E-state index contributed by atoms with van der Waals surface area (Å²) < 4.78 is 0. The zero-order valence-electron chi connectivity index (χ0n) is 7.46. The Labute approximate surface area is 82.2 Å². The van der Waals surface area contributed by atoms with E-state index >= 15 is 0 Å². The third-order valence-electron chi connectivity index (χ3n) is 2.37. The Balaban J connectivity index is 2.34. The first-order valence-electron chi connectivity index (χ1n) is 4.46. The number of fused-ring (bicyclic) bond motifs is 2. The van der Waals surface area contributed by atoms with Crippen molar-refractivity contribution in [2.75, 3.05) is 0 Å². The maximum absolute atomic E-state index is 2.96. The van der Waals surface area contributed by atoms with E-state index in [1.54, 1.807) is 0 Å². The molecule has 62 valence electrons. The van der Waals surface area contributed by atoms with Gasteiger partial charge in [0.15, 0.2) is 0 Å². The zero-order chi connectivity index (χ0) is 9.38. The van der Waals surface area contributed by atoms with E-state index in [1.165, 1.54) is 22.3 Å². The first-order chi connectivity index (χ1) is 6.93. The van der Waals surface area contributed by atoms with Gasteiger partial charge in [0, 0.05) is 0 Å². The van der Waals surface area contributed by atoms with Crippen LogP contribution in [0.15, 0.2) is 35.1 Å². The van der Waals surface area contributed by atoms with E-state index in [0.29, 0.717) is 0 Å². The topological polar surface area (TPSA) is 0 Å². The van der Waals surface area contributed by atoms with Crippen LogP contribution in [0.2, 0.25) is 0 Å². The molecule has 2 aliphatic carbocycles. The molecule has 1 aromatic rings. The second-order valence-electron chi connectivity index (χ2n) is 3.26. The molecule has 2 aliphatic rings. The molecular weight excluding hydrogens is 168 g/mol. The summed E-state index contributed by atoms with van der Waals surface area (Å²) in [5.41, 5.74) is 16.6. The van der Waals surface area contributed by atoms with Crippen molar-refractivity contribution >= 4 is 24.3 Å². The molecule has 0 nitrogen and oxygen atoms in total. The third-order valence-corrected chi connectivity index (χ3v) is 2.37. The van der Waals surface area contributed by atoms with Crippen LogP contribution in [0, 0.1) is 0 Å². The summed E-state index contributed by atoms with van der Waals surface area (Å²) in [5, 5.41) is 0. The van der Waals surface area contributed by atoms with Gasteiger partial charge in [0.1, 0.15) is 0 Å². The third kappa shape index (κ3) is 0.987. The number of benzene rings is 1. The van der Waals surface area contributed by atoms with Gasteiger partial charge in [0.2, 0.25) is 0 Å². The fourth-order valence-electron chi connectivity index (χ4n) is 1.65. The van der Waals surface area contributed by atoms with Crippen LogP contribution < -0.4 is 0 Å². The Kier molecular flexibility index (Phi) is 1.37. The summed E-state index contributed by atoms with van der Waals surface area (Å²) >= 11 is 0. The van der Waals surface area contributed by atoms with E-state index in [1.807, 2.05) is 24.3 Å². The Morgan fingerprint density at radius 3 is 1.07 bits per heavy atom. The maximum Gasteiger partial charge on any atom is -0.00363 e. The van der Waals surface area contributed by atoms with E-state index in [0.717, 1.165) is 0 Å². The van der Waals surface area contributed by atoms with Crippen molar-refractivity contribution in [2.45, 2.75) is 0 Å². The SMILES string of the molecule is C1=C=Cc2cc3c(cc2C=1)C=C=C=C3. The average Bonchev–Trinajstić information content (AvgIpc) is 2.26. The fourth-order valence-corrected chi connectivity index (χ4v) is 1.65. The summed E-state index contributed by atoms with van der Waals surface area (Å²) in [6.45, 7) is 0. The van der Waals surface area contributed by atoms with E-state index in [9.17, 15) is 0 Å². The summed E-state index contributed by atoms with van der Waals surface area (Å²) in [4.78, 5) is 0. The minimum Gasteiger partial charge on any atom is -0.0696 e. The van der Waals surface area contributed by atoms with Gasteiger partial charge in [-0.2, -0.15) is 0 Å². The highest BCUT2D eigenvalue weighted by Crippen LogP contribution is 2.23. The molecular formula is C14H6. The van der Waals surface area contributed by atoms with Crippen LogP contribution in [0.5, 0.6) is 0 Å². The van der Waals surface area contributed by atoms with Gasteiger partial charge >= 0.3 is 0 Å². The molecule has 14 heavy (non-hydrogen) atoms. The standard InChI is InChI=1S/C14H6/c1-2-6-12-10-14-8-4-3-7-13(14)9-11(12)5-1/h5-10H. The van der Waals surface area contributed by atoms with Crippen LogP contribution in [-0.2, 0) is 0 Å². The molecule has 0 bridgehead atoms. The van der Waals surface area contributed by atoms with Crippen molar-refractivity contribution < 1.29 is 0 Å². The lowest BCUT2D eigenvalue weighted by Crippen LogP contribution is -1.89. The number of hydrogen-bond acceptors (Lipinski definition) is 0. The minimum absolute atomic E-state index is 1.19. The van der Waals surface area contributed by atoms with Crippen LogP contribution in [0.1, 0.15) is 22.3 Å². The molecule has 0 fully saturated rings. The smallest absolute Gasteiger partial charge is 0.00363 e. The quantitative estimate of drug-likeness (QED) is 0.459. The van der Waals surface area contributed by atoms with Crippen LogP contribution in [0.3, 0.4) is 0 Å². The fraction of sp³-hybridized carbons (Fsp3) is 0. The minimum atomic E-state index is 1.19. The second kappa shape index (κ2) is 2.66. The van der Waals surface area contributed by atoms with Gasteiger partial charge in [0.25, 0.3) is 0 Å².